The number of amides is 1. The number of carbonyl (C=O) groups excluding carboxylic acids is 1. The average molecular weight is 551 g/mol. The average Bonchev–Trinajstić information content (AvgIpc) is 3.12. The van der Waals surface area contributed by atoms with Crippen molar-refractivity contribution in [3.63, 3.8) is 0 Å². The van der Waals surface area contributed by atoms with Crippen LogP contribution in [-0.4, -0.2) is 57.1 Å². The summed E-state index contributed by atoms with van der Waals surface area (Å²) in [4.78, 5) is 21.6. The number of hydrogen-bond donors (Lipinski definition) is 0. The molecule has 0 bridgehead atoms. The predicted octanol–water partition coefficient (Wildman–Crippen LogP) is 5.48. The van der Waals surface area contributed by atoms with Gasteiger partial charge in [-0.15, -0.1) is 12.4 Å². The fourth-order valence-corrected chi connectivity index (χ4v) is 6.09. The van der Waals surface area contributed by atoms with Gasteiger partial charge in [-0.05, 0) is 69.4 Å². The Morgan fingerprint density at radius 1 is 1.06 bits per heavy atom. The molecule has 0 unspecified atom stereocenters. The number of aromatic nitrogens is 1. The van der Waals surface area contributed by atoms with Crippen molar-refractivity contribution >= 4 is 78.0 Å². The highest BCUT2D eigenvalue weighted by Crippen LogP contribution is 2.33. The van der Waals surface area contributed by atoms with Gasteiger partial charge in [0.15, 0.2) is 15.0 Å². The highest BCUT2D eigenvalue weighted by atomic mass is 35.5. The normalized spacial score (nSPS) is 11.6. The second kappa shape index (κ2) is 11.8. The van der Waals surface area contributed by atoms with Crippen molar-refractivity contribution in [2.24, 2.45) is 0 Å². The Labute approximate surface area is 214 Å². The maximum absolute atomic E-state index is 13.1. The van der Waals surface area contributed by atoms with Gasteiger partial charge < -0.3 is 4.90 Å². The number of carbonyl (C=O) groups is 1. The van der Waals surface area contributed by atoms with Gasteiger partial charge in [0.05, 0.1) is 20.9 Å². The Bertz CT molecular complexity index is 1210. The number of fused-ring (bicyclic) bond motifs is 1. The van der Waals surface area contributed by atoms with Crippen molar-refractivity contribution in [3.05, 3.63) is 52.0 Å². The van der Waals surface area contributed by atoms with E-state index in [1.807, 2.05) is 38.1 Å². The fraction of sp³-hybridized carbons (Fsp3) is 0.364. The number of aryl methyl sites for hydroxylation is 1. The van der Waals surface area contributed by atoms with Crippen LogP contribution in [0.2, 0.25) is 10.0 Å². The molecule has 0 fully saturated rings. The number of anilines is 1. The zero-order valence-corrected chi connectivity index (χ0v) is 22.5. The van der Waals surface area contributed by atoms with E-state index in [0.717, 1.165) is 15.8 Å². The van der Waals surface area contributed by atoms with Crippen LogP contribution >= 0.6 is 46.9 Å². The quantitative estimate of drug-likeness (QED) is 0.353. The van der Waals surface area contributed by atoms with Crippen LogP contribution in [0.5, 0.6) is 0 Å². The molecule has 0 aliphatic carbocycles. The van der Waals surface area contributed by atoms with Gasteiger partial charge in [-0.3, -0.25) is 9.69 Å². The molecule has 0 radical (unpaired) electrons. The SMILES string of the molecule is Cc1cc(Cl)cc2sc(N(CCN(C)C)C(=O)CCCS(=O)(=O)c3ccc(Cl)cc3)nc12.Cl. The van der Waals surface area contributed by atoms with Gasteiger partial charge in [-0.1, -0.05) is 34.5 Å². The van der Waals surface area contributed by atoms with E-state index in [2.05, 4.69) is 4.98 Å². The van der Waals surface area contributed by atoms with Crippen molar-refractivity contribution in [3.8, 4) is 0 Å². The number of halogens is 3. The Hall–Kier alpha value is -1.42. The minimum atomic E-state index is -3.48. The lowest BCUT2D eigenvalue weighted by molar-refractivity contribution is -0.118. The molecule has 0 spiro atoms. The largest absolute Gasteiger partial charge is 0.308 e. The molecule has 0 aliphatic rings. The van der Waals surface area contributed by atoms with E-state index in [1.165, 1.54) is 23.5 Å². The van der Waals surface area contributed by atoms with Crippen molar-refractivity contribution in [1.29, 1.82) is 0 Å². The zero-order chi connectivity index (χ0) is 23.5. The van der Waals surface area contributed by atoms with Gasteiger partial charge in [0.25, 0.3) is 0 Å². The summed E-state index contributed by atoms with van der Waals surface area (Å²) in [6.45, 7) is 3.05. The molecule has 0 aliphatic heterocycles. The number of rotatable bonds is 9. The first-order valence-electron chi connectivity index (χ1n) is 10.1. The Kier molecular flexibility index (Phi) is 9.96. The summed E-state index contributed by atoms with van der Waals surface area (Å²) in [5.41, 5.74) is 1.77. The third kappa shape index (κ3) is 7.28. The highest BCUT2D eigenvalue weighted by Gasteiger charge is 2.22. The second-order valence-corrected chi connectivity index (χ2v) is 11.8. The summed E-state index contributed by atoms with van der Waals surface area (Å²) in [5.74, 6) is -0.267. The van der Waals surface area contributed by atoms with E-state index in [4.69, 9.17) is 23.2 Å². The van der Waals surface area contributed by atoms with Crippen molar-refractivity contribution < 1.29 is 13.2 Å². The first kappa shape index (κ1) is 27.8. The van der Waals surface area contributed by atoms with Crippen LogP contribution < -0.4 is 4.90 Å². The Morgan fingerprint density at radius 2 is 1.73 bits per heavy atom. The molecule has 1 aromatic heterocycles. The molecule has 0 atom stereocenters. The molecule has 11 heteroatoms. The number of hydrogen-bond acceptors (Lipinski definition) is 6. The summed E-state index contributed by atoms with van der Waals surface area (Å²) >= 11 is 13.4. The molecule has 1 heterocycles. The molecule has 6 nitrogen and oxygen atoms in total. The molecular formula is C22H26Cl3N3O3S2. The molecule has 33 heavy (non-hydrogen) atoms. The molecule has 1 amide bonds. The van der Waals surface area contributed by atoms with Gasteiger partial charge in [0, 0.05) is 29.6 Å². The Morgan fingerprint density at radius 3 is 2.36 bits per heavy atom. The summed E-state index contributed by atoms with van der Waals surface area (Å²) in [6, 6.07) is 9.75. The molecule has 0 saturated carbocycles. The van der Waals surface area contributed by atoms with E-state index >= 15 is 0 Å². The topological polar surface area (TPSA) is 70.6 Å². The summed E-state index contributed by atoms with van der Waals surface area (Å²) in [7, 11) is 0.383. The molecule has 2 aromatic carbocycles. The van der Waals surface area contributed by atoms with Gasteiger partial charge >= 0.3 is 0 Å². The maximum Gasteiger partial charge on any atom is 0.228 e. The van der Waals surface area contributed by atoms with Crippen molar-refractivity contribution in [2.45, 2.75) is 24.7 Å². The fourth-order valence-electron chi connectivity index (χ4n) is 3.19. The van der Waals surface area contributed by atoms with Crippen molar-refractivity contribution in [1.82, 2.24) is 9.88 Å². The summed E-state index contributed by atoms with van der Waals surface area (Å²) < 4.78 is 26.1. The maximum atomic E-state index is 13.1. The predicted molar refractivity (Wildman–Crippen MR) is 140 cm³/mol. The van der Waals surface area contributed by atoms with Crippen LogP contribution in [0, 0.1) is 6.92 Å². The lowest BCUT2D eigenvalue weighted by Crippen LogP contribution is -2.36. The van der Waals surface area contributed by atoms with Crippen LogP contribution in [0.4, 0.5) is 5.13 Å². The van der Waals surface area contributed by atoms with E-state index in [1.54, 1.807) is 17.0 Å². The van der Waals surface area contributed by atoms with Crippen LogP contribution in [0.1, 0.15) is 18.4 Å². The van der Waals surface area contributed by atoms with Gasteiger partial charge in [0.1, 0.15) is 0 Å². The molecule has 3 aromatic rings. The van der Waals surface area contributed by atoms with Gasteiger partial charge in [-0.2, -0.15) is 0 Å². The number of benzene rings is 2. The van der Waals surface area contributed by atoms with E-state index < -0.39 is 9.84 Å². The third-order valence-electron chi connectivity index (χ3n) is 4.92. The second-order valence-electron chi connectivity index (χ2n) is 7.79. The molecule has 0 N–H and O–H groups in total. The minimum absolute atomic E-state index is 0. The van der Waals surface area contributed by atoms with E-state index in [0.29, 0.717) is 28.3 Å². The molecule has 0 saturated heterocycles. The Balaban J connectivity index is 0.00000385. The molecular weight excluding hydrogens is 525 g/mol. The molecule has 3 rings (SSSR count). The standard InChI is InChI=1S/C22H25Cl2N3O3S2.ClH/c1-15-13-17(24)14-19-21(15)25-22(31-19)27(11-10-26(2)3)20(28)5-4-12-32(29,30)18-8-6-16(23)7-9-18;/h6-9,13-14H,4-5,10-12H2,1-3H3;1H. The lowest BCUT2D eigenvalue weighted by atomic mass is 10.2. The van der Waals surface area contributed by atoms with Crippen LogP contribution in [-0.2, 0) is 14.6 Å². The number of nitrogens with zero attached hydrogens (tertiary/aromatic N) is 3. The van der Waals surface area contributed by atoms with E-state index in [9.17, 15) is 13.2 Å². The van der Waals surface area contributed by atoms with Gasteiger partial charge in [0.2, 0.25) is 5.91 Å². The third-order valence-corrected chi connectivity index (χ3v) is 8.23. The zero-order valence-electron chi connectivity index (χ0n) is 18.5. The number of sulfone groups is 1. The molecule has 180 valence electrons. The number of thiazole rings is 1. The van der Waals surface area contributed by atoms with E-state index in [-0.39, 0.29) is 41.8 Å². The lowest BCUT2D eigenvalue weighted by Gasteiger charge is -2.22. The first-order valence-corrected chi connectivity index (χ1v) is 13.3. The highest BCUT2D eigenvalue weighted by molar-refractivity contribution is 7.91. The summed E-state index contributed by atoms with van der Waals surface area (Å²) in [6.07, 6.45) is 0.327. The first-order chi connectivity index (χ1) is 15.1. The van der Waals surface area contributed by atoms with Crippen LogP contribution in [0.25, 0.3) is 10.2 Å². The van der Waals surface area contributed by atoms with Crippen LogP contribution in [0.3, 0.4) is 0 Å². The smallest absolute Gasteiger partial charge is 0.228 e. The minimum Gasteiger partial charge on any atom is -0.308 e. The monoisotopic (exact) mass is 549 g/mol. The van der Waals surface area contributed by atoms with Crippen molar-refractivity contribution in [2.75, 3.05) is 37.8 Å². The van der Waals surface area contributed by atoms with Gasteiger partial charge in [-0.25, -0.2) is 13.4 Å². The summed E-state index contributed by atoms with van der Waals surface area (Å²) in [5, 5.41) is 1.70. The van der Waals surface area contributed by atoms with Crippen LogP contribution in [0.15, 0.2) is 41.3 Å². The number of likely N-dealkylation sites (N-methyl/N-ethyl adjacent to an activating group) is 1.